The Balaban J connectivity index is 1.46. The van der Waals surface area contributed by atoms with E-state index in [1.807, 2.05) is 0 Å². The molecule has 0 atom stereocenters. The SMILES string of the molecule is COc1cccc(C(=O)CSc2ccc(NC(=O)/C(=C/c3ccc(Cl)cc3Cl)NC(=O)c3ccccc3)cc2)c1. The number of halogens is 2. The Morgan fingerprint density at radius 2 is 1.57 bits per heavy atom. The van der Waals surface area contributed by atoms with Gasteiger partial charge in [-0.3, -0.25) is 14.4 Å². The van der Waals surface area contributed by atoms with Crippen LogP contribution in [-0.2, 0) is 4.79 Å². The van der Waals surface area contributed by atoms with Gasteiger partial charge in [-0.25, -0.2) is 0 Å². The normalized spacial score (nSPS) is 11.0. The Labute approximate surface area is 246 Å². The maximum atomic E-state index is 13.2. The van der Waals surface area contributed by atoms with Crippen LogP contribution in [-0.4, -0.2) is 30.5 Å². The molecular weight excluding hydrogens is 567 g/mol. The van der Waals surface area contributed by atoms with Gasteiger partial charge in [-0.1, -0.05) is 59.6 Å². The molecule has 0 aliphatic carbocycles. The van der Waals surface area contributed by atoms with Gasteiger partial charge in [-0.2, -0.15) is 0 Å². The molecule has 0 aromatic heterocycles. The number of ether oxygens (including phenoxy) is 1. The van der Waals surface area contributed by atoms with E-state index < -0.39 is 11.8 Å². The molecule has 0 saturated heterocycles. The van der Waals surface area contributed by atoms with Crippen molar-refractivity contribution in [3.8, 4) is 5.75 Å². The van der Waals surface area contributed by atoms with E-state index in [2.05, 4.69) is 10.6 Å². The zero-order valence-electron chi connectivity index (χ0n) is 21.3. The number of nitrogens with one attached hydrogen (secondary N) is 2. The van der Waals surface area contributed by atoms with Gasteiger partial charge in [0.15, 0.2) is 5.78 Å². The zero-order valence-corrected chi connectivity index (χ0v) is 23.6. The van der Waals surface area contributed by atoms with Gasteiger partial charge >= 0.3 is 0 Å². The molecule has 0 radical (unpaired) electrons. The van der Waals surface area contributed by atoms with E-state index in [-0.39, 0.29) is 17.2 Å². The minimum atomic E-state index is -0.538. The van der Waals surface area contributed by atoms with E-state index in [0.717, 1.165) is 4.90 Å². The number of amides is 2. The quantitative estimate of drug-likeness (QED) is 0.114. The highest BCUT2D eigenvalue weighted by molar-refractivity contribution is 8.00. The summed E-state index contributed by atoms with van der Waals surface area (Å²) in [5.74, 6) is -0.128. The van der Waals surface area contributed by atoms with E-state index in [9.17, 15) is 14.4 Å². The second-order valence-electron chi connectivity index (χ2n) is 8.47. The number of carbonyl (C=O) groups is 3. The smallest absolute Gasteiger partial charge is 0.272 e. The van der Waals surface area contributed by atoms with Crippen molar-refractivity contribution in [1.29, 1.82) is 0 Å². The Bertz CT molecular complexity index is 1560. The first-order chi connectivity index (χ1) is 19.3. The second-order valence-corrected chi connectivity index (χ2v) is 10.4. The summed E-state index contributed by atoms with van der Waals surface area (Å²) in [5, 5.41) is 6.26. The lowest BCUT2D eigenvalue weighted by molar-refractivity contribution is -0.113. The van der Waals surface area contributed by atoms with E-state index >= 15 is 0 Å². The number of benzene rings is 4. The van der Waals surface area contributed by atoms with Gasteiger partial charge in [0.1, 0.15) is 11.4 Å². The summed E-state index contributed by atoms with van der Waals surface area (Å²) < 4.78 is 5.18. The van der Waals surface area contributed by atoms with E-state index in [0.29, 0.717) is 38.2 Å². The summed E-state index contributed by atoms with van der Waals surface area (Å²) in [4.78, 5) is 39.5. The van der Waals surface area contributed by atoms with Crippen LogP contribution in [0, 0.1) is 0 Å². The van der Waals surface area contributed by atoms with Gasteiger partial charge < -0.3 is 15.4 Å². The van der Waals surface area contributed by atoms with Crippen molar-refractivity contribution in [2.45, 2.75) is 4.90 Å². The van der Waals surface area contributed by atoms with Crippen molar-refractivity contribution in [1.82, 2.24) is 5.32 Å². The van der Waals surface area contributed by atoms with Crippen molar-refractivity contribution < 1.29 is 19.1 Å². The molecule has 9 heteroatoms. The number of thioether (sulfide) groups is 1. The van der Waals surface area contributed by atoms with Crippen LogP contribution in [0.4, 0.5) is 5.69 Å². The van der Waals surface area contributed by atoms with Gasteiger partial charge in [0.05, 0.1) is 12.9 Å². The summed E-state index contributed by atoms with van der Waals surface area (Å²) in [5.41, 5.74) is 2.00. The van der Waals surface area contributed by atoms with Gasteiger partial charge in [0.2, 0.25) is 0 Å². The lowest BCUT2D eigenvalue weighted by Crippen LogP contribution is -2.30. The van der Waals surface area contributed by atoms with Gasteiger partial charge in [-0.05, 0) is 72.3 Å². The molecule has 202 valence electrons. The minimum Gasteiger partial charge on any atom is -0.497 e. The number of ketones is 1. The summed E-state index contributed by atoms with van der Waals surface area (Å²) in [7, 11) is 1.56. The average Bonchev–Trinajstić information content (AvgIpc) is 2.97. The highest BCUT2D eigenvalue weighted by Gasteiger charge is 2.16. The maximum absolute atomic E-state index is 13.2. The summed E-state index contributed by atoms with van der Waals surface area (Å²) >= 11 is 13.7. The molecule has 0 heterocycles. The molecular formula is C31H24Cl2N2O4S. The number of hydrogen-bond donors (Lipinski definition) is 2. The summed E-state index contributed by atoms with van der Waals surface area (Å²) in [6.07, 6.45) is 1.49. The first-order valence-corrected chi connectivity index (χ1v) is 13.8. The fourth-order valence-electron chi connectivity index (χ4n) is 3.58. The van der Waals surface area contributed by atoms with Gasteiger partial charge in [-0.15, -0.1) is 11.8 Å². The molecule has 0 bridgehead atoms. The Kier molecular flexibility index (Phi) is 10.0. The highest BCUT2D eigenvalue weighted by atomic mass is 35.5. The Hall–Kier alpha value is -4.04. The van der Waals surface area contributed by atoms with Gasteiger partial charge in [0, 0.05) is 31.8 Å². The molecule has 0 aliphatic rings. The van der Waals surface area contributed by atoms with Crippen LogP contribution in [0.1, 0.15) is 26.3 Å². The molecule has 4 aromatic rings. The number of anilines is 1. The van der Waals surface area contributed by atoms with Gasteiger partial charge in [0.25, 0.3) is 11.8 Å². The monoisotopic (exact) mass is 590 g/mol. The largest absolute Gasteiger partial charge is 0.497 e. The van der Waals surface area contributed by atoms with E-state index in [1.165, 1.54) is 17.8 Å². The molecule has 6 nitrogen and oxygen atoms in total. The van der Waals surface area contributed by atoms with Crippen molar-refractivity contribution in [3.63, 3.8) is 0 Å². The Morgan fingerprint density at radius 1 is 0.850 bits per heavy atom. The van der Waals surface area contributed by atoms with Crippen molar-refractivity contribution in [3.05, 3.63) is 129 Å². The third kappa shape index (κ3) is 7.99. The average molecular weight is 592 g/mol. The molecule has 0 unspecified atom stereocenters. The fraction of sp³-hybridized carbons (Fsp3) is 0.0645. The number of rotatable bonds is 10. The van der Waals surface area contributed by atoms with Crippen LogP contribution in [0.5, 0.6) is 5.75 Å². The third-order valence-corrected chi connectivity index (χ3v) is 7.24. The predicted octanol–water partition coefficient (Wildman–Crippen LogP) is 7.39. The van der Waals surface area contributed by atoms with Crippen LogP contribution in [0.25, 0.3) is 6.08 Å². The molecule has 2 N–H and O–H groups in total. The topological polar surface area (TPSA) is 84.5 Å². The standard InChI is InChI=1S/C31H24Cl2N2O4S/c1-39-25-9-5-8-22(16-25)29(36)19-40-26-14-12-24(13-15-26)34-31(38)28(17-21-10-11-23(32)18-27(21)33)35-30(37)20-6-3-2-4-7-20/h2-18H,19H2,1H3,(H,34,38)(H,35,37)/b28-17-. The van der Waals surface area contributed by atoms with E-state index in [4.69, 9.17) is 27.9 Å². The van der Waals surface area contributed by atoms with Crippen LogP contribution < -0.4 is 15.4 Å². The first-order valence-electron chi connectivity index (χ1n) is 12.1. The van der Waals surface area contributed by atoms with Crippen molar-refractivity contribution in [2.24, 2.45) is 0 Å². The number of methoxy groups -OCH3 is 1. The Morgan fingerprint density at radius 3 is 2.27 bits per heavy atom. The summed E-state index contributed by atoms with van der Waals surface area (Å²) in [6, 6.07) is 27.5. The maximum Gasteiger partial charge on any atom is 0.272 e. The first kappa shape index (κ1) is 29.0. The molecule has 0 saturated carbocycles. The lowest BCUT2D eigenvalue weighted by atomic mass is 10.1. The molecule has 40 heavy (non-hydrogen) atoms. The molecule has 0 spiro atoms. The second kappa shape index (κ2) is 13.8. The van der Waals surface area contributed by atoms with Crippen LogP contribution in [0.3, 0.4) is 0 Å². The summed E-state index contributed by atoms with van der Waals surface area (Å²) in [6.45, 7) is 0. The highest BCUT2D eigenvalue weighted by Crippen LogP contribution is 2.25. The van der Waals surface area contributed by atoms with Crippen LogP contribution >= 0.6 is 35.0 Å². The number of Topliss-reactive ketones (excluding diaryl/α,β-unsaturated/α-hetero) is 1. The van der Waals surface area contributed by atoms with Crippen LogP contribution in [0.15, 0.2) is 108 Å². The fourth-order valence-corrected chi connectivity index (χ4v) is 4.83. The molecule has 0 aliphatic heterocycles. The molecule has 2 amide bonds. The number of carbonyl (C=O) groups excluding carboxylic acids is 3. The lowest BCUT2D eigenvalue weighted by Gasteiger charge is -2.12. The van der Waals surface area contributed by atoms with Crippen molar-refractivity contribution in [2.75, 3.05) is 18.2 Å². The molecule has 4 rings (SSSR count). The van der Waals surface area contributed by atoms with E-state index in [1.54, 1.807) is 104 Å². The zero-order chi connectivity index (χ0) is 28.5. The molecule has 4 aromatic carbocycles. The minimum absolute atomic E-state index is 0.000382. The predicted molar refractivity (Wildman–Crippen MR) is 161 cm³/mol. The number of hydrogen-bond acceptors (Lipinski definition) is 5. The van der Waals surface area contributed by atoms with Crippen LogP contribution in [0.2, 0.25) is 10.0 Å². The third-order valence-electron chi connectivity index (χ3n) is 5.66. The van der Waals surface area contributed by atoms with Crippen molar-refractivity contribution >= 4 is 64.3 Å². The molecule has 0 fully saturated rings.